The maximum Gasteiger partial charge on any atom is 0.330 e. The first kappa shape index (κ1) is 21.9. The molecule has 0 aliphatic rings. The monoisotopic (exact) mass is 342 g/mol. The quantitative estimate of drug-likeness (QED) is 0.347. The molecule has 0 aliphatic carbocycles. The Balaban J connectivity index is 5.61. The molecule has 0 aliphatic heterocycles. The van der Waals surface area contributed by atoms with E-state index in [9.17, 15) is 9.59 Å². The average Bonchev–Trinajstić information content (AvgIpc) is 2.41. The summed E-state index contributed by atoms with van der Waals surface area (Å²) in [5, 5.41) is 8.68. The van der Waals surface area contributed by atoms with Crippen LogP contribution in [0.4, 0.5) is 0 Å². The summed E-state index contributed by atoms with van der Waals surface area (Å²) >= 11 is 0. The van der Waals surface area contributed by atoms with Crippen LogP contribution in [0.25, 0.3) is 0 Å². The standard InChI is InChI=1S/C18H34O4Si/c1-8-9-10-18(22-17(21)12-11-16(19)20)23(13(2)3,14(4)5)15(6)7/h11-15,18H,8-10H2,1-7H3,(H,19,20)/b12-11+. The molecule has 0 saturated heterocycles. The summed E-state index contributed by atoms with van der Waals surface area (Å²) in [5.74, 6) is -1.67. The van der Waals surface area contributed by atoms with E-state index in [-0.39, 0.29) is 5.73 Å². The van der Waals surface area contributed by atoms with E-state index >= 15 is 0 Å². The Morgan fingerprint density at radius 3 is 1.83 bits per heavy atom. The number of unbranched alkanes of at least 4 members (excludes halogenated alkanes) is 1. The fourth-order valence-corrected chi connectivity index (χ4v) is 11.5. The highest BCUT2D eigenvalue weighted by atomic mass is 28.3. The molecule has 0 fully saturated rings. The van der Waals surface area contributed by atoms with Crippen molar-refractivity contribution >= 4 is 20.0 Å². The molecule has 0 bridgehead atoms. The highest BCUT2D eigenvalue weighted by Crippen LogP contribution is 2.46. The van der Waals surface area contributed by atoms with Crippen LogP contribution in [0.1, 0.15) is 67.7 Å². The number of hydrogen-bond donors (Lipinski definition) is 1. The van der Waals surface area contributed by atoms with Crippen LogP contribution in [0.3, 0.4) is 0 Å². The van der Waals surface area contributed by atoms with Crippen molar-refractivity contribution in [2.45, 2.75) is 90.1 Å². The first-order valence-corrected chi connectivity index (χ1v) is 11.0. The second-order valence-corrected chi connectivity index (χ2v) is 13.3. The number of esters is 1. The molecule has 0 aromatic rings. The fourth-order valence-electron chi connectivity index (χ4n) is 4.23. The molecule has 5 heteroatoms. The molecule has 0 spiro atoms. The summed E-state index contributed by atoms with van der Waals surface area (Å²) in [5.41, 5.74) is 1.38. The molecule has 0 saturated carbocycles. The normalized spacial score (nSPS) is 14.0. The molecule has 134 valence electrons. The summed E-state index contributed by atoms with van der Waals surface area (Å²) in [6, 6.07) is 0. The third-order valence-electron chi connectivity index (χ3n) is 5.00. The average molecular weight is 343 g/mol. The Morgan fingerprint density at radius 2 is 1.48 bits per heavy atom. The van der Waals surface area contributed by atoms with Crippen molar-refractivity contribution < 1.29 is 19.4 Å². The molecule has 0 amide bonds. The van der Waals surface area contributed by atoms with E-state index in [1.54, 1.807) is 0 Å². The van der Waals surface area contributed by atoms with E-state index in [0.717, 1.165) is 31.4 Å². The van der Waals surface area contributed by atoms with Gasteiger partial charge in [0.25, 0.3) is 0 Å². The van der Waals surface area contributed by atoms with Gasteiger partial charge >= 0.3 is 11.9 Å². The van der Waals surface area contributed by atoms with Gasteiger partial charge in [-0.2, -0.15) is 0 Å². The van der Waals surface area contributed by atoms with E-state index in [1.807, 2.05) is 0 Å². The molecule has 0 radical (unpaired) electrons. The van der Waals surface area contributed by atoms with Gasteiger partial charge in [-0.05, 0) is 23.0 Å². The molecular formula is C18H34O4Si. The Bertz CT molecular complexity index is 391. The summed E-state index contributed by atoms with van der Waals surface area (Å²) in [6.07, 6.45) is 4.81. The van der Waals surface area contributed by atoms with Crippen LogP contribution in [0, 0.1) is 0 Å². The first-order valence-electron chi connectivity index (χ1n) is 8.72. The van der Waals surface area contributed by atoms with Crippen molar-refractivity contribution in [3.63, 3.8) is 0 Å². The zero-order valence-corrected chi connectivity index (χ0v) is 16.8. The van der Waals surface area contributed by atoms with Crippen LogP contribution in [-0.4, -0.2) is 30.8 Å². The van der Waals surface area contributed by atoms with Crippen LogP contribution in [0.5, 0.6) is 0 Å². The molecule has 1 N–H and O–H groups in total. The predicted octanol–water partition coefficient (Wildman–Crippen LogP) is 4.95. The Hall–Kier alpha value is -1.10. The molecule has 1 unspecified atom stereocenters. The summed E-state index contributed by atoms with van der Waals surface area (Å²) in [4.78, 5) is 22.7. The number of carboxylic acid groups (broad SMARTS) is 1. The van der Waals surface area contributed by atoms with E-state index in [0.29, 0.717) is 16.6 Å². The lowest BCUT2D eigenvalue weighted by Gasteiger charge is -2.47. The number of ether oxygens (including phenoxy) is 1. The van der Waals surface area contributed by atoms with Crippen molar-refractivity contribution in [2.24, 2.45) is 0 Å². The molecule has 23 heavy (non-hydrogen) atoms. The number of carboxylic acids is 1. The minimum atomic E-state index is -1.94. The van der Waals surface area contributed by atoms with Crippen molar-refractivity contribution in [3.8, 4) is 0 Å². The topological polar surface area (TPSA) is 63.6 Å². The summed E-state index contributed by atoms with van der Waals surface area (Å²) in [7, 11) is -1.94. The third-order valence-corrected chi connectivity index (χ3v) is 12.5. The summed E-state index contributed by atoms with van der Waals surface area (Å²) < 4.78 is 5.83. The first-order chi connectivity index (χ1) is 10.6. The third kappa shape index (κ3) is 5.79. The van der Waals surface area contributed by atoms with Gasteiger partial charge in [0.1, 0.15) is 8.07 Å². The number of rotatable bonds is 10. The van der Waals surface area contributed by atoms with E-state index < -0.39 is 20.0 Å². The lowest BCUT2D eigenvalue weighted by atomic mass is 10.2. The van der Waals surface area contributed by atoms with Gasteiger partial charge in [0.2, 0.25) is 0 Å². The van der Waals surface area contributed by atoms with Crippen LogP contribution in [0.2, 0.25) is 16.6 Å². The van der Waals surface area contributed by atoms with Crippen molar-refractivity contribution in [1.82, 2.24) is 0 Å². The van der Waals surface area contributed by atoms with Crippen LogP contribution in [0.15, 0.2) is 12.2 Å². The zero-order valence-electron chi connectivity index (χ0n) is 15.8. The Morgan fingerprint density at radius 1 is 1.00 bits per heavy atom. The van der Waals surface area contributed by atoms with E-state index in [4.69, 9.17) is 9.84 Å². The zero-order chi connectivity index (χ0) is 18.2. The number of aliphatic carboxylic acids is 1. The lowest BCUT2D eigenvalue weighted by Crippen LogP contribution is -2.56. The molecule has 0 rings (SSSR count). The van der Waals surface area contributed by atoms with Gasteiger partial charge in [-0.25, -0.2) is 9.59 Å². The van der Waals surface area contributed by atoms with Gasteiger partial charge in [-0.1, -0.05) is 61.3 Å². The van der Waals surface area contributed by atoms with Gasteiger partial charge in [-0.3, -0.25) is 0 Å². The second kappa shape index (κ2) is 9.91. The minimum Gasteiger partial charge on any atom is -0.478 e. The van der Waals surface area contributed by atoms with Gasteiger partial charge < -0.3 is 9.84 Å². The molecule has 1 atom stereocenters. The SMILES string of the molecule is CCCCC(OC(=O)/C=C/C(=O)O)[Si](C(C)C)(C(C)C)C(C)C. The second-order valence-electron chi connectivity index (χ2n) is 7.20. The highest BCUT2D eigenvalue weighted by Gasteiger charge is 2.50. The van der Waals surface area contributed by atoms with Crippen molar-refractivity contribution in [2.75, 3.05) is 0 Å². The largest absolute Gasteiger partial charge is 0.478 e. The maximum absolute atomic E-state index is 12.1. The minimum absolute atomic E-state index is 0.0756. The molecule has 0 heterocycles. The van der Waals surface area contributed by atoms with Crippen molar-refractivity contribution in [1.29, 1.82) is 0 Å². The molecular weight excluding hydrogens is 308 g/mol. The lowest BCUT2D eigenvalue weighted by molar-refractivity contribution is -0.141. The van der Waals surface area contributed by atoms with Crippen molar-refractivity contribution in [3.05, 3.63) is 12.2 Å². The molecule has 0 aromatic heterocycles. The van der Waals surface area contributed by atoms with Crippen LogP contribution in [-0.2, 0) is 14.3 Å². The van der Waals surface area contributed by atoms with Gasteiger partial charge in [0.15, 0.2) is 0 Å². The van der Waals surface area contributed by atoms with Crippen LogP contribution < -0.4 is 0 Å². The molecule has 4 nitrogen and oxygen atoms in total. The van der Waals surface area contributed by atoms with Gasteiger partial charge in [-0.15, -0.1) is 0 Å². The number of hydrogen-bond acceptors (Lipinski definition) is 3. The van der Waals surface area contributed by atoms with Gasteiger partial charge in [0.05, 0.1) is 5.73 Å². The number of carbonyl (C=O) groups excluding carboxylic acids is 1. The Labute approximate surface area is 142 Å². The molecule has 0 aromatic carbocycles. The van der Waals surface area contributed by atoms with Crippen LogP contribution >= 0.6 is 0 Å². The smallest absolute Gasteiger partial charge is 0.330 e. The Kier molecular flexibility index (Phi) is 9.43. The summed E-state index contributed by atoms with van der Waals surface area (Å²) in [6.45, 7) is 15.6. The van der Waals surface area contributed by atoms with Gasteiger partial charge in [0, 0.05) is 12.2 Å². The fraction of sp³-hybridized carbons (Fsp3) is 0.778. The number of carbonyl (C=O) groups is 2. The highest BCUT2D eigenvalue weighted by molar-refractivity contribution is 6.84. The maximum atomic E-state index is 12.1. The van der Waals surface area contributed by atoms with E-state index in [2.05, 4.69) is 48.5 Å². The van der Waals surface area contributed by atoms with E-state index in [1.165, 1.54) is 0 Å². The predicted molar refractivity (Wildman–Crippen MR) is 97.2 cm³/mol.